The van der Waals surface area contributed by atoms with E-state index in [1.54, 1.807) is 0 Å². The molecule has 2 heterocycles. The number of hydrogen-bond donors (Lipinski definition) is 3. The largest absolute Gasteiger partial charge is 0.481 e. The number of rotatable bonds is 10. The quantitative estimate of drug-likeness (QED) is 0.185. The van der Waals surface area contributed by atoms with Crippen molar-refractivity contribution in [3.8, 4) is 0 Å². The Morgan fingerprint density at radius 3 is 2.45 bits per heavy atom. The fraction of sp³-hybridized carbons (Fsp3) is 0.588. The molecule has 0 radical (unpaired) electrons. The number of carboxylic acid groups (broad SMARTS) is 2. The van der Waals surface area contributed by atoms with Gasteiger partial charge in [-0.25, -0.2) is 4.79 Å². The van der Waals surface area contributed by atoms with Crippen molar-refractivity contribution in [1.29, 1.82) is 0 Å². The van der Waals surface area contributed by atoms with E-state index in [0.717, 1.165) is 4.90 Å². The van der Waals surface area contributed by atoms with Gasteiger partial charge in [0.15, 0.2) is 0 Å². The Kier molecular flexibility index (Phi) is 7.25. The minimum Gasteiger partial charge on any atom is -0.481 e. The number of nitrogens with zero attached hydrogens (tertiary/aromatic N) is 1. The summed E-state index contributed by atoms with van der Waals surface area (Å²) in [5.74, 6) is -3.96. The van der Waals surface area contributed by atoms with Gasteiger partial charge in [-0.15, -0.1) is 11.8 Å². The van der Waals surface area contributed by atoms with Crippen molar-refractivity contribution in [2.45, 2.75) is 43.7 Å². The molecule has 0 unspecified atom stereocenters. The predicted molar refractivity (Wildman–Crippen MR) is 98.4 cm³/mol. The third kappa shape index (κ3) is 4.70. The highest BCUT2D eigenvalue weighted by Crippen LogP contribution is 2.46. The summed E-state index contributed by atoms with van der Waals surface area (Å²) in [6.45, 7) is 0.937. The van der Waals surface area contributed by atoms with Gasteiger partial charge in [0.2, 0.25) is 5.91 Å². The number of fused-ring (bicyclic) bond motifs is 1. The second-order valence-electron chi connectivity index (χ2n) is 6.46. The predicted octanol–water partition coefficient (Wildman–Crippen LogP) is -0.0928. The molecule has 0 aromatic carbocycles. The second kappa shape index (κ2) is 9.27. The fourth-order valence-corrected chi connectivity index (χ4v) is 4.49. The normalized spacial score (nSPS) is 23.2. The number of carboxylic acids is 2. The van der Waals surface area contributed by atoms with Gasteiger partial charge in [-0.05, 0) is 12.8 Å². The Balaban J connectivity index is 2.12. The molecule has 2 rings (SSSR count). The number of carbonyl (C=O) groups is 5. The van der Waals surface area contributed by atoms with Crippen molar-refractivity contribution in [3.63, 3.8) is 0 Å². The minimum atomic E-state index is -1.71. The molecule has 2 atom stereocenters. The van der Waals surface area contributed by atoms with Crippen molar-refractivity contribution in [2.24, 2.45) is 0 Å². The number of nitrogens with one attached hydrogen (secondary N) is 1. The zero-order valence-corrected chi connectivity index (χ0v) is 16.7. The summed E-state index contributed by atoms with van der Waals surface area (Å²) in [5.41, 5.74) is -1.72. The standard InChI is InChI=1S/C17H22N2O9S/c1-9(20)28-7-10-8-29-16-17(27-2,15(26)19(16)13(10)14(24)25)18-11(21)5-3-4-6-12(22)23/h16H,3-8H2,1-2H3,(H,18,21)(H,22,23)(H,24,25)/t16-,17-/m1/s1. The molecule has 12 heteroatoms. The van der Waals surface area contributed by atoms with Gasteiger partial charge in [-0.2, -0.15) is 0 Å². The lowest BCUT2D eigenvalue weighted by Gasteiger charge is -2.55. The Hall–Kier alpha value is -2.60. The third-order valence-electron chi connectivity index (χ3n) is 4.45. The van der Waals surface area contributed by atoms with Crippen molar-refractivity contribution < 1.29 is 43.7 Å². The Bertz CT molecular complexity index is 766. The highest BCUT2D eigenvalue weighted by atomic mass is 32.2. The molecule has 0 saturated carbocycles. The molecular weight excluding hydrogens is 408 g/mol. The third-order valence-corrected chi connectivity index (χ3v) is 5.83. The minimum absolute atomic E-state index is 0.00237. The first kappa shape index (κ1) is 22.7. The maximum Gasteiger partial charge on any atom is 0.352 e. The summed E-state index contributed by atoms with van der Waals surface area (Å²) in [6, 6.07) is 0. The molecule has 1 fully saturated rings. The van der Waals surface area contributed by atoms with E-state index in [1.165, 1.54) is 25.8 Å². The second-order valence-corrected chi connectivity index (χ2v) is 7.53. The Morgan fingerprint density at radius 1 is 1.24 bits per heavy atom. The Morgan fingerprint density at radius 2 is 1.90 bits per heavy atom. The van der Waals surface area contributed by atoms with Gasteiger partial charge in [-0.3, -0.25) is 24.1 Å². The van der Waals surface area contributed by atoms with Crippen LogP contribution in [0.5, 0.6) is 0 Å². The zero-order valence-electron chi connectivity index (χ0n) is 15.9. The van der Waals surface area contributed by atoms with E-state index in [9.17, 15) is 29.1 Å². The summed E-state index contributed by atoms with van der Waals surface area (Å²) >= 11 is 1.18. The van der Waals surface area contributed by atoms with Crippen molar-refractivity contribution in [1.82, 2.24) is 10.2 Å². The highest BCUT2D eigenvalue weighted by molar-refractivity contribution is 8.00. The molecule has 0 spiro atoms. The van der Waals surface area contributed by atoms with Crippen LogP contribution in [0.1, 0.15) is 32.6 Å². The average Bonchev–Trinajstić information content (AvgIpc) is 2.66. The van der Waals surface area contributed by atoms with Gasteiger partial charge in [0, 0.05) is 38.2 Å². The first-order chi connectivity index (χ1) is 13.6. The van der Waals surface area contributed by atoms with E-state index in [2.05, 4.69) is 5.32 Å². The van der Waals surface area contributed by atoms with Gasteiger partial charge in [0.25, 0.3) is 11.6 Å². The molecular formula is C17H22N2O9S. The van der Waals surface area contributed by atoms with E-state index in [4.69, 9.17) is 14.6 Å². The van der Waals surface area contributed by atoms with Gasteiger partial charge in [-0.1, -0.05) is 0 Å². The van der Waals surface area contributed by atoms with Crippen molar-refractivity contribution in [3.05, 3.63) is 11.3 Å². The molecule has 11 nitrogen and oxygen atoms in total. The average molecular weight is 430 g/mol. The first-order valence-corrected chi connectivity index (χ1v) is 9.80. The molecule has 29 heavy (non-hydrogen) atoms. The molecule has 0 aromatic rings. The van der Waals surface area contributed by atoms with Crippen LogP contribution in [0.2, 0.25) is 0 Å². The van der Waals surface area contributed by atoms with Crippen LogP contribution < -0.4 is 5.32 Å². The molecule has 3 N–H and O–H groups in total. The van der Waals surface area contributed by atoms with Crippen molar-refractivity contribution in [2.75, 3.05) is 19.5 Å². The van der Waals surface area contributed by atoms with E-state index in [1.807, 2.05) is 0 Å². The van der Waals surface area contributed by atoms with E-state index in [0.29, 0.717) is 12.8 Å². The monoisotopic (exact) mass is 430 g/mol. The highest BCUT2D eigenvalue weighted by Gasteiger charge is 2.66. The van der Waals surface area contributed by atoms with Crippen LogP contribution in [0.25, 0.3) is 0 Å². The van der Waals surface area contributed by atoms with Crippen molar-refractivity contribution >= 4 is 41.5 Å². The van der Waals surface area contributed by atoms with Crippen LogP contribution in [0.3, 0.4) is 0 Å². The van der Waals surface area contributed by atoms with Crippen LogP contribution >= 0.6 is 11.8 Å². The number of carbonyl (C=O) groups excluding carboxylic acids is 3. The SMILES string of the molecule is CO[C@]1(NC(=O)CCCCC(=O)O)C(=O)N2C(C(=O)O)=C(COC(C)=O)CS[C@@H]21. The van der Waals surface area contributed by atoms with Crippen LogP contribution in [-0.2, 0) is 33.4 Å². The van der Waals surface area contributed by atoms with Crippen LogP contribution in [0.4, 0.5) is 0 Å². The molecule has 0 aliphatic carbocycles. The number of methoxy groups -OCH3 is 1. The number of β-lactam (4-membered cyclic amide) rings is 1. The van der Waals surface area contributed by atoms with Crippen LogP contribution in [0, 0.1) is 0 Å². The number of esters is 1. The molecule has 2 aliphatic heterocycles. The number of hydrogen-bond acceptors (Lipinski definition) is 8. The first-order valence-electron chi connectivity index (χ1n) is 8.76. The lowest BCUT2D eigenvalue weighted by molar-refractivity contribution is -0.192. The van der Waals surface area contributed by atoms with E-state index < -0.39 is 40.8 Å². The Labute approximate surface area is 170 Å². The summed E-state index contributed by atoms with van der Waals surface area (Å²) in [5, 5.41) is 19.9. The molecule has 1 saturated heterocycles. The molecule has 2 amide bonds. The summed E-state index contributed by atoms with van der Waals surface area (Å²) in [6.07, 6.45) is 0.570. The summed E-state index contributed by atoms with van der Waals surface area (Å²) in [7, 11) is 1.24. The smallest absolute Gasteiger partial charge is 0.352 e. The lowest BCUT2D eigenvalue weighted by Crippen LogP contribution is -2.80. The fourth-order valence-electron chi connectivity index (χ4n) is 3.07. The summed E-state index contributed by atoms with van der Waals surface area (Å²) < 4.78 is 10.2. The number of ether oxygens (including phenoxy) is 2. The number of aliphatic carboxylic acids is 2. The number of thioether (sulfide) groups is 1. The molecule has 0 aromatic heterocycles. The number of amides is 2. The number of unbranched alkanes of at least 4 members (excludes halogenated alkanes) is 1. The maximum absolute atomic E-state index is 12.8. The van der Waals surface area contributed by atoms with Crippen LogP contribution in [0.15, 0.2) is 11.3 Å². The van der Waals surface area contributed by atoms with Gasteiger partial charge in [0.1, 0.15) is 17.7 Å². The van der Waals surface area contributed by atoms with Gasteiger partial charge >= 0.3 is 17.9 Å². The van der Waals surface area contributed by atoms with Gasteiger partial charge in [0.05, 0.1) is 0 Å². The zero-order chi connectivity index (χ0) is 21.8. The molecule has 0 bridgehead atoms. The maximum atomic E-state index is 12.8. The molecule has 2 aliphatic rings. The van der Waals surface area contributed by atoms with Crippen LogP contribution in [-0.4, -0.2) is 75.4 Å². The van der Waals surface area contributed by atoms with E-state index >= 15 is 0 Å². The lowest BCUT2D eigenvalue weighted by atomic mass is 9.97. The molecule has 160 valence electrons. The van der Waals surface area contributed by atoms with Gasteiger partial charge < -0.3 is 25.0 Å². The topological polar surface area (TPSA) is 160 Å². The summed E-state index contributed by atoms with van der Waals surface area (Å²) in [4.78, 5) is 59.3. The van der Waals surface area contributed by atoms with E-state index in [-0.39, 0.29) is 36.5 Å².